The topological polar surface area (TPSA) is 76.4 Å². The minimum absolute atomic E-state index is 0.0409. The fraction of sp³-hybridized carbons (Fsp3) is 0.882. The maximum absolute atomic E-state index is 12.1. The second-order valence-electron chi connectivity index (χ2n) is 6.84. The molecule has 0 spiro atoms. The molecule has 4 atom stereocenters. The fourth-order valence-electron chi connectivity index (χ4n) is 3.90. The highest BCUT2D eigenvalue weighted by Crippen LogP contribution is 2.32. The van der Waals surface area contributed by atoms with Crippen molar-refractivity contribution >= 4 is 5.91 Å². The van der Waals surface area contributed by atoms with E-state index >= 15 is 0 Å². The van der Waals surface area contributed by atoms with Gasteiger partial charge in [0.2, 0.25) is 5.91 Å². The summed E-state index contributed by atoms with van der Waals surface area (Å²) in [4.78, 5) is 13.8. The molecule has 1 aliphatic heterocycles. The van der Waals surface area contributed by atoms with Crippen molar-refractivity contribution in [2.75, 3.05) is 19.6 Å². The van der Waals surface area contributed by atoms with Crippen LogP contribution in [0.4, 0.5) is 0 Å². The number of hydrogen-bond donors (Lipinski definition) is 2. The monoisotopic (exact) mass is 307 g/mol. The highest BCUT2D eigenvalue weighted by atomic mass is 16.3. The first-order valence-electron chi connectivity index (χ1n) is 8.71. The number of aliphatic hydroxyl groups is 1. The lowest BCUT2D eigenvalue weighted by atomic mass is 9.77. The van der Waals surface area contributed by atoms with Crippen LogP contribution in [0.15, 0.2) is 0 Å². The van der Waals surface area contributed by atoms with Gasteiger partial charge in [0, 0.05) is 6.54 Å². The molecule has 2 rings (SSSR count). The molecule has 22 heavy (non-hydrogen) atoms. The van der Waals surface area contributed by atoms with E-state index in [0.29, 0.717) is 24.9 Å². The molecule has 5 heteroatoms. The van der Waals surface area contributed by atoms with Gasteiger partial charge in [0.1, 0.15) is 6.04 Å². The van der Waals surface area contributed by atoms with Crippen molar-refractivity contribution < 1.29 is 9.90 Å². The predicted octanol–water partition coefficient (Wildman–Crippen LogP) is 1.67. The molecule has 1 unspecified atom stereocenters. The molecule has 124 valence electrons. The van der Waals surface area contributed by atoms with Gasteiger partial charge in [0.15, 0.2) is 0 Å². The Bertz CT molecular complexity index is 407. The molecule has 1 heterocycles. The zero-order valence-corrected chi connectivity index (χ0v) is 13.6. The predicted molar refractivity (Wildman–Crippen MR) is 85.0 cm³/mol. The number of hydrogen-bond acceptors (Lipinski definition) is 4. The number of aliphatic hydroxyl groups excluding tert-OH is 1. The van der Waals surface area contributed by atoms with Crippen molar-refractivity contribution in [1.29, 1.82) is 5.26 Å². The Hall–Kier alpha value is -1.12. The summed E-state index contributed by atoms with van der Waals surface area (Å²) in [5.41, 5.74) is 0. The van der Waals surface area contributed by atoms with Crippen LogP contribution in [-0.2, 0) is 4.79 Å². The summed E-state index contributed by atoms with van der Waals surface area (Å²) in [5.74, 6) is 1.26. The maximum Gasteiger partial charge on any atom is 0.237 e. The fourth-order valence-corrected chi connectivity index (χ4v) is 3.90. The minimum Gasteiger partial charge on any atom is -0.393 e. The third kappa shape index (κ3) is 4.69. The van der Waals surface area contributed by atoms with E-state index in [0.717, 1.165) is 45.1 Å². The van der Waals surface area contributed by atoms with Crippen molar-refractivity contribution in [1.82, 2.24) is 10.2 Å². The Balaban J connectivity index is 1.64. The second kappa shape index (κ2) is 8.50. The van der Waals surface area contributed by atoms with Crippen LogP contribution in [-0.4, -0.2) is 47.7 Å². The molecule has 1 aliphatic carbocycles. The molecule has 2 N–H and O–H groups in total. The number of nitrogens with one attached hydrogen (secondary N) is 1. The third-order valence-electron chi connectivity index (χ3n) is 5.18. The van der Waals surface area contributed by atoms with Crippen molar-refractivity contribution in [3.63, 3.8) is 0 Å². The molecule has 0 bridgehead atoms. The number of carbonyl (C=O) groups is 1. The summed E-state index contributed by atoms with van der Waals surface area (Å²) < 4.78 is 0. The molecule has 1 saturated carbocycles. The molecule has 0 aromatic heterocycles. The number of carbonyl (C=O) groups excluding carboxylic acids is 1. The highest BCUT2D eigenvalue weighted by Gasteiger charge is 2.28. The Morgan fingerprint density at radius 2 is 2.14 bits per heavy atom. The lowest BCUT2D eigenvalue weighted by Gasteiger charge is -2.32. The van der Waals surface area contributed by atoms with Crippen molar-refractivity contribution in [2.45, 2.75) is 64.0 Å². The standard InChI is InChI=1S/C17H29N3O2/c1-2-13-8-14(10-16(21)9-13)5-6-19-12-17(22)20-7-3-4-15(20)11-18/h13-16,19,21H,2-10,12H2,1H3/t13-,14+,15-,16?/m0/s1. The lowest BCUT2D eigenvalue weighted by molar-refractivity contribution is -0.130. The Kier molecular flexibility index (Phi) is 6.66. The van der Waals surface area contributed by atoms with Crippen LogP contribution in [0.1, 0.15) is 51.9 Å². The van der Waals surface area contributed by atoms with E-state index in [9.17, 15) is 9.90 Å². The van der Waals surface area contributed by atoms with Gasteiger partial charge >= 0.3 is 0 Å². The average Bonchev–Trinajstić information content (AvgIpc) is 2.99. The zero-order valence-electron chi connectivity index (χ0n) is 13.6. The van der Waals surface area contributed by atoms with Crippen molar-refractivity contribution in [2.24, 2.45) is 11.8 Å². The first-order valence-corrected chi connectivity index (χ1v) is 8.71. The van der Waals surface area contributed by atoms with Gasteiger partial charge in [-0.25, -0.2) is 0 Å². The number of amides is 1. The molecular weight excluding hydrogens is 278 g/mol. The average molecular weight is 307 g/mol. The Morgan fingerprint density at radius 3 is 2.86 bits per heavy atom. The van der Waals surface area contributed by atoms with Crippen LogP contribution in [0, 0.1) is 23.2 Å². The summed E-state index contributed by atoms with van der Waals surface area (Å²) >= 11 is 0. The zero-order chi connectivity index (χ0) is 15.9. The Morgan fingerprint density at radius 1 is 1.36 bits per heavy atom. The molecule has 1 saturated heterocycles. The highest BCUT2D eigenvalue weighted by molar-refractivity contribution is 5.79. The van der Waals surface area contributed by atoms with E-state index in [1.165, 1.54) is 6.42 Å². The second-order valence-corrected chi connectivity index (χ2v) is 6.84. The first kappa shape index (κ1) is 17.2. The van der Waals surface area contributed by atoms with Crippen LogP contribution >= 0.6 is 0 Å². The van der Waals surface area contributed by atoms with E-state index in [4.69, 9.17) is 5.26 Å². The quantitative estimate of drug-likeness (QED) is 0.732. The molecule has 1 amide bonds. The van der Waals surface area contributed by atoms with E-state index < -0.39 is 0 Å². The molecule has 5 nitrogen and oxygen atoms in total. The van der Waals surface area contributed by atoms with Gasteiger partial charge in [-0.2, -0.15) is 5.26 Å². The van der Waals surface area contributed by atoms with E-state index in [1.807, 2.05) is 0 Å². The van der Waals surface area contributed by atoms with E-state index in [-0.39, 0.29) is 18.1 Å². The summed E-state index contributed by atoms with van der Waals surface area (Å²) in [5, 5.41) is 22.1. The SMILES string of the molecule is CC[C@@H]1CC(O)C[C@H](CCNCC(=O)N2CCC[C@H]2C#N)C1. The van der Waals surface area contributed by atoms with Crippen molar-refractivity contribution in [3.05, 3.63) is 0 Å². The van der Waals surface area contributed by atoms with Crippen molar-refractivity contribution in [3.8, 4) is 6.07 Å². The van der Waals surface area contributed by atoms with Crippen LogP contribution in [0.25, 0.3) is 0 Å². The molecule has 0 aromatic rings. The molecular formula is C17H29N3O2. The van der Waals surface area contributed by atoms with Gasteiger partial charge in [0.25, 0.3) is 0 Å². The smallest absolute Gasteiger partial charge is 0.237 e. The minimum atomic E-state index is -0.229. The molecule has 0 radical (unpaired) electrons. The van der Waals surface area contributed by atoms with Crippen LogP contribution in [0.5, 0.6) is 0 Å². The summed E-state index contributed by atoms with van der Waals surface area (Å²) in [6.07, 6.45) is 6.80. The van der Waals surface area contributed by atoms with Gasteiger partial charge in [0.05, 0.1) is 18.7 Å². The third-order valence-corrected chi connectivity index (χ3v) is 5.18. The summed E-state index contributed by atoms with van der Waals surface area (Å²) in [6.45, 7) is 4.04. The normalized spacial score (nSPS) is 32.0. The summed E-state index contributed by atoms with van der Waals surface area (Å²) in [6, 6.07) is 1.97. The van der Waals surface area contributed by atoms with Gasteiger partial charge in [-0.15, -0.1) is 0 Å². The number of likely N-dealkylation sites (tertiary alicyclic amines) is 1. The number of nitriles is 1. The van der Waals surface area contributed by atoms with Gasteiger partial charge in [-0.3, -0.25) is 4.79 Å². The molecule has 2 fully saturated rings. The van der Waals surface area contributed by atoms with E-state index in [2.05, 4.69) is 18.3 Å². The van der Waals surface area contributed by atoms with Crippen LogP contribution in [0.2, 0.25) is 0 Å². The van der Waals surface area contributed by atoms with E-state index in [1.54, 1.807) is 4.90 Å². The van der Waals surface area contributed by atoms with Gasteiger partial charge in [-0.1, -0.05) is 13.3 Å². The largest absolute Gasteiger partial charge is 0.393 e. The van der Waals surface area contributed by atoms with Gasteiger partial charge < -0.3 is 15.3 Å². The number of rotatable bonds is 6. The molecule has 2 aliphatic rings. The number of nitrogens with zero attached hydrogens (tertiary/aromatic N) is 2. The van der Waals surface area contributed by atoms with Gasteiger partial charge in [-0.05, 0) is 56.9 Å². The van der Waals surface area contributed by atoms with Crippen LogP contribution in [0.3, 0.4) is 0 Å². The lowest BCUT2D eigenvalue weighted by Crippen LogP contribution is -2.41. The Labute approximate surface area is 133 Å². The van der Waals surface area contributed by atoms with Crippen LogP contribution < -0.4 is 5.32 Å². The maximum atomic E-state index is 12.1. The summed E-state index contributed by atoms with van der Waals surface area (Å²) in [7, 11) is 0. The molecule has 0 aromatic carbocycles. The first-order chi connectivity index (χ1) is 10.6.